The van der Waals surface area contributed by atoms with Gasteiger partial charge in [0.05, 0.1) is 0 Å². The molecule has 0 rings (SSSR count). The van der Waals surface area contributed by atoms with Gasteiger partial charge < -0.3 is 14.2 Å². The van der Waals surface area contributed by atoms with Crippen LogP contribution in [0.15, 0.2) is 24.3 Å². The van der Waals surface area contributed by atoms with Crippen molar-refractivity contribution in [1.82, 2.24) is 0 Å². The van der Waals surface area contributed by atoms with E-state index in [1.807, 2.05) is 0 Å². The largest absolute Gasteiger partial charge is 0.462 e. The molecule has 0 spiro atoms. The lowest BCUT2D eigenvalue weighted by Gasteiger charge is -2.18. The minimum absolute atomic E-state index is 0.0692. The molecule has 0 aromatic carbocycles. The molecule has 6 heteroatoms. The van der Waals surface area contributed by atoms with E-state index in [0.717, 1.165) is 64.2 Å². The number of esters is 3. The Hall–Kier alpha value is -2.11. The van der Waals surface area contributed by atoms with Gasteiger partial charge in [-0.05, 0) is 64.2 Å². The highest BCUT2D eigenvalue weighted by Crippen LogP contribution is 2.18. The fourth-order valence-corrected chi connectivity index (χ4v) is 10.3. The molecule has 442 valence electrons. The van der Waals surface area contributed by atoms with E-state index >= 15 is 0 Å². The summed E-state index contributed by atoms with van der Waals surface area (Å²) in [5.41, 5.74) is 0. The zero-order valence-corrected chi connectivity index (χ0v) is 50.8. The Balaban J connectivity index is 4.19. The molecule has 75 heavy (non-hydrogen) atoms. The Kier molecular flexibility index (Phi) is 62.6. The van der Waals surface area contributed by atoms with Crippen LogP contribution in [-0.2, 0) is 28.6 Å². The van der Waals surface area contributed by atoms with E-state index < -0.39 is 6.10 Å². The summed E-state index contributed by atoms with van der Waals surface area (Å²) in [6, 6.07) is 0. The zero-order valence-electron chi connectivity index (χ0n) is 50.8. The molecule has 0 aromatic rings. The number of unbranched alkanes of at least 4 members (excludes halogenated alkanes) is 48. The van der Waals surface area contributed by atoms with Gasteiger partial charge in [0.15, 0.2) is 6.10 Å². The SMILES string of the molecule is CCCC/C=C\CCCCCCCC(=O)OCC(COC(=O)CCCCCCCCCCCCC/C=C\CCCCCCCCCC)OC(=O)CCCCCCCCCCCCCCCCCCCCCCCCC. The van der Waals surface area contributed by atoms with Crippen molar-refractivity contribution in [2.45, 2.75) is 386 Å². The number of hydrogen-bond acceptors (Lipinski definition) is 6. The van der Waals surface area contributed by atoms with E-state index in [9.17, 15) is 14.4 Å². The highest BCUT2D eigenvalue weighted by atomic mass is 16.6. The maximum absolute atomic E-state index is 12.9. The van der Waals surface area contributed by atoms with E-state index in [1.165, 1.54) is 276 Å². The third-order valence-electron chi connectivity index (χ3n) is 15.4. The van der Waals surface area contributed by atoms with Crippen molar-refractivity contribution in [2.75, 3.05) is 13.2 Å². The first-order valence-electron chi connectivity index (χ1n) is 33.8. The Morgan fingerprint density at radius 1 is 0.253 bits per heavy atom. The molecule has 0 saturated heterocycles. The van der Waals surface area contributed by atoms with Crippen LogP contribution in [0.4, 0.5) is 0 Å². The molecule has 0 aliphatic rings. The van der Waals surface area contributed by atoms with Crippen molar-refractivity contribution in [1.29, 1.82) is 0 Å². The van der Waals surface area contributed by atoms with Gasteiger partial charge in [-0.3, -0.25) is 14.4 Å². The number of ether oxygens (including phenoxy) is 3. The summed E-state index contributed by atoms with van der Waals surface area (Å²) in [7, 11) is 0. The van der Waals surface area contributed by atoms with Gasteiger partial charge in [0, 0.05) is 19.3 Å². The van der Waals surface area contributed by atoms with Gasteiger partial charge in [0.25, 0.3) is 0 Å². The standard InChI is InChI=1S/C69H130O6/c1-4-7-10-13-16-19-22-24-26-28-30-32-34-36-38-40-42-44-47-50-53-56-59-62-68(71)74-65-66(64-73-67(70)61-58-55-52-49-46-21-18-15-12-9-6-3)75-69(72)63-60-57-54-51-48-45-43-41-39-37-35-33-31-29-27-25-23-20-17-14-11-8-5-2/h15,18,28,30,66H,4-14,16-17,19-27,29,31-65H2,1-3H3/b18-15-,30-28-. The summed E-state index contributed by atoms with van der Waals surface area (Å²) in [6.45, 7) is 6.67. The van der Waals surface area contributed by atoms with Gasteiger partial charge in [-0.2, -0.15) is 0 Å². The van der Waals surface area contributed by atoms with Crippen LogP contribution in [0.1, 0.15) is 380 Å². The van der Waals surface area contributed by atoms with Crippen molar-refractivity contribution in [2.24, 2.45) is 0 Å². The summed E-state index contributed by atoms with van der Waals surface area (Å²) in [5.74, 6) is -0.852. The van der Waals surface area contributed by atoms with E-state index in [-0.39, 0.29) is 31.1 Å². The predicted octanol–water partition coefficient (Wildman–Crippen LogP) is 23.0. The van der Waals surface area contributed by atoms with Crippen molar-refractivity contribution in [3.8, 4) is 0 Å². The third-order valence-corrected chi connectivity index (χ3v) is 15.4. The van der Waals surface area contributed by atoms with Crippen LogP contribution in [0.3, 0.4) is 0 Å². The molecule has 0 heterocycles. The molecule has 0 N–H and O–H groups in total. The monoisotopic (exact) mass is 1050 g/mol. The third kappa shape index (κ3) is 62.6. The first-order valence-corrected chi connectivity index (χ1v) is 33.8. The van der Waals surface area contributed by atoms with E-state index in [1.54, 1.807) is 0 Å². The van der Waals surface area contributed by atoms with Gasteiger partial charge >= 0.3 is 17.9 Å². The van der Waals surface area contributed by atoms with Crippen molar-refractivity contribution < 1.29 is 28.6 Å². The predicted molar refractivity (Wildman–Crippen MR) is 326 cm³/mol. The molecule has 0 amide bonds. The first kappa shape index (κ1) is 72.9. The van der Waals surface area contributed by atoms with Crippen LogP contribution in [0.5, 0.6) is 0 Å². The lowest BCUT2D eigenvalue weighted by molar-refractivity contribution is -0.167. The molecule has 0 aliphatic heterocycles. The van der Waals surface area contributed by atoms with Gasteiger partial charge in [0.1, 0.15) is 13.2 Å². The van der Waals surface area contributed by atoms with Crippen molar-refractivity contribution in [3.63, 3.8) is 0 Å². The quantitative estimate of drug-likeness (QED) is 0.0261. The van der Waals surface area contributed by atoms with E-state index in [2.05, 4.69) is 45.1 Å². The maximum atomic E-state index is 12.9. The lowest BCUT2D eigenvalue weighted by atomic mass is 10.0. The second-order valence-corrected chi connectivity index (χ2v) is 23.1. The van der Waals surface area contributed by atoms with Crippen LogP contribution in [0.2, 0.25) is 0 Å². The second-order valence-electron chi connectivity index (χ2n) is 23.1. The molecule has 0 saturated carbocycles. The Morgan fingerprint density at radius 2 is 0.453 bits per heavy atom. The van der Waals surface area contributed by atoms with Gasteiger partial charge in [-0.25, -0.2) is 0 Å². The fourth-order valence-electron chi connectivity index (χ4n) is 10.3. The minimum atomic E-state index is -0.772. The van der Waals surface area contributed by atoms with Gasteiger partial charge in [-0.15, -0.1) is 0 Å². The number of carbonyl (C=O) groups excluding carboxylic acids is 3. The molecule has 6 nitrogen and oxygen atoms in total. The summed E-state index contributed by atoms with van der Waals surface area (Å²) in [4.78, 5) is 38.3. The topological polar surface area (TPSA) is 78.9 Å². The second kappa shape index (κ2) is 64.4. The maximum Gasteiger partial charge on any atom is 0.306 e. The average molecular weight is 1060 g/mol. The normalized spacial score (nSPS) is 12.1. The van der Waals surface area contributed by atoms with E-state index in [0.29, 0.717) is 19.3 Å². The van der Waals surface area contributed by atoms with Crippen LogP contribution in [0.25, 0.3) is 0 Å². The van der Waals surface area contributed by atoms with Crippen LogP contribution >= 0.6 is 0 Å². The molecule has 0 bridgehead atoms. The summed E-state index contributed by atoms with van der Waals surface area (Å²) >= 11 is 0. The molecule has 0 fully saturated rings. The Bertz CT molecular complexity index is 1210. The number of hydrogen-bond donors (Lipinski definition) is 0. The minimum Gasteiger partial charge on any atom is -0.462 e. The molecule has 0 aromatic heterocycles. The highest BCUT2D eigenvalue weighted by molar-refractivity contribution is 5.71. The van der Waals surface area contributed by atoms with Gasteiger partial charge in [0.2, 0.25) is 0 Å². The summed E-state index contributed by atoms with van der Waals surface area (Å²) < 4.78 is 16.9. The molecule has 1 unspecified atom stereocenters. The number of allylic oxidation sites excluding steroid dienone is 4. The average Bonchev–Trinajstić information content (AvgIpc) is 3.41. The zero-order chi connectivity index (χ0) is 54.3. The molecule has 1 atom stereocenters. The molecule has 0 aliphatic carbocycles. The highest BCUT2D eigenvalue weighted by Gasteiger charge is 2.19. The summed E-state index contributed by atoms with van der Waals surface area (Å²) in [6.07, 6.45) is 77.8. The fraction of sp³-hybridized carbons (Fsp3) is 0.899. The summed E-state index contributed by atoms with van der Waals surface area (Å²) in [5, 5.41) is 0. The van der Waals surface area contributed by atoms with Gasteiger partial charge in [-0.1, -0.05) is 321 Å². The molecular weight excluding hydrogens is 925 g/mol. The van der Waals surface area contributed by atoms with Crippen LogP contribution in [0, 0.1) is 0 Å². The number of rotatable bonds is 63. The molecular formula is C69H130O6. The smallest absolute Gasteiger partial charge is 0.306 e. The van der Waals surface area contributed by atoms with Crippen molar-refractivity contribution in [3.05, 3.63) is 24.3 Å². The van der Waals surface area contributed by atoms with E-state index in [4.69, 9.17) is 14.2 Å². The Labute approximate surface area is 468 Å². The Morgan fingerprint density at radius 3 is 0.707 bits per heavy atom. The van der Waals surface area contributed by atoms with Crippen LogP contribution in [-0.4, -0.2) is 37.2 Å². The van der Waals surface area contributed by atoms with Crippen molar-refractivity contribution >= 4 is 17.9 Å². The molecule has 0 radical (unpaired) electrons. The first-order chi connectivity index (χ1) is 37.0. The van der Waals surface area contributed by atoms with Crippen LogP contribution < -0.4 is 0 Å². The lowest BCUT2D eigenvalue weighted by Crippen LogP contribution is -2.30. The number of carbonyl (C=O) groups is 3.